The first-order chi connectivity index (χ1) is 9.77. The van der Waals surface area contributed by atoms with Crippen LogP contribution in [0.25, 0.3) is 11.1 Å². The highest BCUT2D eigenvalue weighted by Crippen LogP contribution is 2.38. The van der Waals surface area contributed by atoms with Crippen LogP contribution in [0.3, 0.4) is 0 Å². The van der Waals surface area contributed by atoms with Crippen LogP contribution in [0.4, 0.5) is 5.82 Å². The molecule has 0 radical (unpaired) electrons. The van der Waals surface area contributed by atoms with Crippen molar-refractivity contribution in [2.45, 2.75) is 25.0 Å². The Balaban J connectivity index is 1.70. The van der Waals surface area contributed by atoms with Gasteiger partial charge in [-0.1, -0.05) is 6.08 Å². The van der Waals surface area contributed by atoms with E-state index in [-0.39, 0.29) is 5.79 Å². The van der Waals surface area contributed by atoms with Gasteiger partial charge in [-0.15, -0.1) is 0 Å². The van der Waals surface area contributed by atoms with E-state index in [1.165, 1.54) is 11.9 Å². The Hall–Kier alpha value is -1.92. The monoisotopic (exact) mass is 272 g/mol. The lowest BCUT2D eigenvalue weighted by Crippen LogP contribution is -2.31. The molecule has 1 aliphatic heterocycles. The van der Waals surface area contributed by atoms with Gasteiger partial charge in [0.1, 0.15) is 11.8 Å². The average Bonchev–Trinajstić information content (AvgIpc) is 3.09. The number of fused-ring (bicyclic) bond motifs is 1. The molecule has 0 unspecified atom stereocenters. The van der Waals surface area contributed by atoms with E-state index in [1.54, 1.807) is 0 Å². The Morgan fingerprint density at radius 1 is 1.25 bits per heavy atom. The second-order valence-electron chi connectivity index (χ2n) is 5.20. The second kappa shape index (κ2) is 4.29. The number of nitrogens with two attached hydrogens (primary N) is 1. The zero-order valence-corrected chi connectivity index (χ0v) is 11.1. The first kappa shape index (κ1) is 11.9. The number of hydrogen-bond acceptors (Lipinski definition) is 5. The van der Waals surface area contributed by atoms with E-state index in [0.29, 0.717) is 19.0 Å². The SMILES string of the molecule is Nc1ncnn2c(C3=CCC4(CC3)OCCO4)ccc12. The van der Waals surface area contributed by atoms with Crippen LogP contribution in [0.1, 0.15) is 25.0 Å². The maximum Gasteiger partial charge on any atom is 0.172 e. The van der Waals surface area contributed by atoms with E-state index in [9.17, 15) is 0 Å². The van der Waals surface area contributed by atoms with Crippen LogP contribution in [0.5, 0.6) is 0 Å². The van der Waals surface area contributed by atoms with Crippen molar-refractivity contribution in [2.24, 2.45) is 0 Å². The van der Waals surface area contributed by atoms with Gasteiger partial charge in [-0.3, -0.25) is 0 Å². The summed E-state index contributed by atoms with van der Waals surface area (Å²) in [7, 11) is 0. The molecule has 1 saturated heterocycles. The molecule has 2 aromatic rings. The summed E-state index contributed by atoms with van der Waals surface area (Å²) < 4.78 is 13.3. The van der Waals surface area contributed by atoms with Gasteiger partial charge in [-0.2, -0.15) is 5.10 Å². The fourth-order valence-electron chi connectivity index (χ4n) is 3.00. The van der Waals surface area contributed by atoms with Gasteiger partial charge in [0.25, 0.3) is 0 Å². The van der Waals surface area contributed by atoms with E-state index in [1.807, 2.05) is 16.6 Å². The van der Waals surface area contributed by atoms with Gasteiger partial charge < -0.3 is 15.2 Å². The third-order valence-electron chi connectivity index (χ3n) is 4.06. The molecule has 6 heteroatoms. The molecule has 0 atom stereocenters. The van der Waals surface area contributed by atoms with Gasteiger partial charge in [0.15, 0.2) is 11.6 Å². The molecule has 4 rings (SSSR count). The molecule has 6 nitrogen and oxygen atoms in total. The number of aromatic nitrogens is 3. The van der Waals surface area contributed by atoms with Crippen molar-refractivity contribution in [3.8, 4) is 0 Å². The lowest BCUT2D eigenvalue weighted by Gasteiger charge is -2.30. The highest BCUT2D eigenvalue weighted by Gasteiger charge is 2.38. The molecule has 2 N–H and O–H groups in total. The lowest BCUT2D eigenvalue weighted by molar-refractivity contribution is -0.159. The average molecular weight is 272 g/mol. The normalized spacial score (nSPS) is 21.5. The van der Waals surface area contributed by atoms with Crippen LogP contribution < -0.4 is 5.73 Å². The molecule has 1 spiro atoms. The zero-order valence-electron chi connectivity index (χ0n) is 11.1. The molecule has 0 aromatic carbocycles. The molecule has 2 aliphatic rings. The van der Waals surface area contributed by atoms with Crippen LogP contribution in [0, 0.1) is 0 Å². The second-order valence-corrected chi connectivity index (χ2v) is 5.20. The van der Waals surface area contributed by atoms with Gasteiger partial charge in [0.2, 0.25) is 0 Å². The first-order valence-electron chi connectivity index (χ1n) is 6.83. The molecule has 2 aromatic heterocycles. The molecule has 1 fully saturated rings. The number of allylic oxidation sites excluding steroid dienone is 1. The van der Waals surface area contributed by atoms with Crippen LogP contribution in [-0.2, 0) is 9.47 Å². The van der Waals surface area contributed by atoms with Crippen molar-refractivity contribution < 1.29 is 9.47 Å². The van der Waals surface area contributed by atoms with E-state index in [2.05, 4.69) is 16.2 Å². The zero-order chi connectivity index (χ0) is 13.6. The van der Waals surface area contributed by atoms with Crippen LogP contribution in [0.2, 0.25) is 0 Å². The van der Waals surface area contributed by atoms with E-state index in [0.717, 1.165) is 30.5 Å². The number of nitrogens with zero attached hydrogens (tertiary/aromatic N) is 3. The van der Waals surface area contributed by atoms with Crippen LogP contribution >= 0.6 is 0 Å². The van der Waals surface area contributed by atoms with Crippen molar-refractivity contribution in [2.75, 3.05) is 18.9 Å². The number of nitrogen functional groups attached to an aromatic ring is 1. The minimum absolute atomic E-state index is 0.384. The van der Waals surface area contributed by atoms with Crippen molar-refractivity contribution in [3.05, 3.63) is 30.2 Å². The third-order valence-corrected chi connectivity index (χ3v) is 4.06. The molecular weight excluding hydrogens is 256 g/mol. The van der Waals surface area contributed by atoms with E-state index in [4.69, 9.17) is 15.2 Å². The van der Waals surface area contributed by atoms with Crippen molar-refractivity contribution >= 4 is 16.9 Å². The van der Waals surface area contributed by atoms with Gasteiger partial charge in [0, 0.05) is 12.8 Å². The summed E-state index contributed by atoms with van der Waals surface area (Å²) >= 11 is 0. The summed E-state index contributed by atoms with van der Waals surface area (Å²) in [6.07, 6.45) is 6.26. The minimum atomic E-state index is -0.384. The molecule has 104 valence electrons. The predicted octanol–water partition coefficient (Wildman–Crippen LogP) is 1.62. The summed E-state index contributed by atoms with van der Waals surface area (Å²) in [5.74, 6) is 0.117. The molecule has 0 amide bonds. The maximum atomic E-state index is 5.86. The molecule has 0 bridgehead atoms. The van der Waals surface area contributed by atoms with E-state index < -0.39 is 0 Å². The predicted molar refractivity (Wildman–Crippen MR) is 73.9 cm³/mol. The van der Waals surface area contributed by atoms with Gasteiger partial charge >= 0.3 is 0 Å². The molecule has 1 aliphatic carbocycles. The molecule has 0 saturated carbocycles. The maximum absolute atomic E-state index is 5.86. The summed E-state index contributed by atoms with van der Waals surface area (Å²) in [6.45, 7) is 1.39. The Bertz CT molecular complexity index is 686. The Morgan fingerprint density at radius 2 is 2.10 bits per heavy atom. The van der Waals surface area contributed by atoms with Gasteiger partial charge in [-0.25, -0.2) is 9.50 Å². The van der Waals surface area contributed by atoms with Crippen LogP contribution in [0.15, 0.2) is 24.5 Å². The Labute approximate surface area is 116 Å². The summed E-state index contributed by atoms with van der Waals surface area (Å²) in [6, 6.07) is 4.00. The molecular formula is C14H16N4O2. The molecule has 3 heterocycles. The first-order valence-corrected chi connectivity index (χ1v) is 6.83. The Kier molecular flexibility index (Phi) is 2.55. The summed E-state index contributed by atoms with van der Waals surface area (Å²) in [4.78, 5) is 4.01. The standard InChI is InChI=1S/C14H16N4O2/c15-13-12-2-1-11(18(12)17-9-16-13)10-3-5-14(6-4-10)19-7-8-20-14/h1-3,9H,4-8H2,(H2,15,16,17). The highest BCUT2D eigenvalue weighted by molar-refractivity contribution is 5.73. The van der Waals surface area contributed by atoms with Gasteiger partial charge in [0.05, 0.1) is 18.9 Å². The van der Waals surface area contributed by atoms with Crippen LogP contribution in [-0.4, -0.2) is 33.6 Å². The van der Waals surface area contributed by atoms with E-state index >= 15 is 0 Å². The largest absolute Gasteiger partial charge is 0.382 e. The smallest absolute Gasteiger partial charge is 0.172 e. The fraction of sp³-hybridized carbons (Fsp3) is 0.429. The van der Waals surface area contributed by atoms with Gasteiger partial charge in [-0.05, 0) is 24.1 Å². The van der Waals surface area contributed by atoms with Crippen molar-refractivity contribution in [1.29, 1.82) is 0 Å². The quantitative estimate of drug-likeness (QED) is 0.854. The highest BCUT2D eigenvalue weighted by atomic mass is 16.7. The van der Waals surface area contributed by atoms with Crippen molar-refractivity contribution in [3.63, 3.8) is 0 Å². The van der Waals surface area contributed by atoms with Crippen molar-refractivity contribution in [1.82, 2.24) is 14.6 Å². The summed E-state index contributed by atoms with van der Waals surface area (Å²) in [5.41, 5.74) is 9.04. The Morgan fingerprint density at radius 3 is 2.85 bits per heavy atom. The fourth-order valence-corrected chi connectivity index (χ4v) is 3.00. The lowest BCUT2D eigenvalue weighted by atomic mass is 9.92. The number of anilines is 1. The molecule has 20 heavy (non-hydrogen) atoms. The minimum Gasteiger partial charge on any atom is -0.382 e. The summed E-state index contributed by atoms with van der Waals surface area (Å²) in [5, 5.41) is 4.29. The topological polar surface area (TPSA) is 74.7 Å². The number of ether oxygens (including phenoxy) is 2. The third kappa shape index (κ3) is 1.72. The number of hydrogen-bond donors (Lipinski definition) is 1. The number of rotatable bonds is 1.